The van der Waals surface area contributed by atoms with Crippen molar-refractivity contribution in [2.45, 2.75) is 39.8 Å². The second kappa shape index (κ2) is 6.55. The Bertz CT molecular complexity index is 373. The number of hydrogen-bond donors (Lipinski definition) is 1. The Balaban J connectivity index is 2.41. The van der Waals surface area contributed by atoms with Crippen molar-refractivity contribution >= 4 is 11.6 Å². The molecule has 3 heteroatoms. The minimum atomic E-state index is -0.265. The smallest absolute Gasteiger partial charge is 0.0600 e. The van der Waals surface area contributed by atoms with Crippen molar-refractivity contribution in [1.29, 1.82) is 0 Å². The van der Waals surface area contributed by atoms with Gasteiger partial charge in [0.2, 0.25) is 0 Å². The van der Waals surface area contributed by atoms with Crippen LogP contribution in [0.25, 0.3) is 0 Å². The Morgan fingerprint density at radius 1 is 1.33 bits per heavy atom. The third-order valence-corrected chi connectivity index (χ3v) is 3.36. The van der Waals surface area contributed by atoms with Gasteiger partial charge in [-0.25, -0.2) is 0 Å². The normalized spacial score (nSPS) is 13.9. The molecule has 18 heavy (non-hydrogen) atoms. The first-order valence-electron chi connectivity index (χ1n) is 6.40. The third kappa shape index (κ3) is 5.38. The van der Waals surface area contributed by atoms with Crippen molar-refractivity contribution in [1.82, 2.24) is 4.90 Å². The summed E-state index contributed by atoms with van der Waals surface area (Å²) in [7, 11) is 2.07. The van der Waals surface area contributed by atoms with Gasteiger partial charge in [-0.3, -0.25) is 0 Å². The van der Waals surface area contributed by atoms with Gasteiger partial charge in [0.05, 0.1) is 6.10 Å². The van der Waals surface area contributed by atoms with Crippen LogP contribution in [0.4, 0.5) is 0 Å². The molecule has 0 heterocycles. The van der Waals surface area contributed by atoms with Crippen LogP contribution in [-0.2, 0) is 6.54 Å². The van der Waals surface area contributed by atoms with Gasteiger partial charge in [-0.1, -0.05) is 44.5 Å². The van der Waals surface area contributed by atoms with Gasteiger partial charge in [-0.05, 0) is 36.6 Å². The Kier molecular flexibility index (Phi) is 5.64. The minimum Gasteiger partial charge on any atom is -0.393 e. The number of halogens is 1. The predicted octanol–water partition coefficient (Wildman–Crippen LogP) is 3.57. The van der Waals surface area contributed by atoms with Crippen LogP contribution in [0.3, 0.4) is 0 Å². The van der Waals surface area contributed by atoms with Crippen molar-refractivity contribution in [3.05, 3.63) is 34.9 Å². The summed E-state index contributed by atoms with van der Waals surface area (Å²) in [5.74, 6) is 0. The van der Waals surface area contributed by atoms with E-state index < -0.39 is 0 Å². The summed E-state index contributed by atoms with van der Waals surface area (Å²) in [5, 5.41) is 10.8. The van der Waals surface area contributed by atoms with Gasteiger partial charge in [0, 0.05) is 18.1 Å². The van der Waals surface area contributed by atoms with Crippen LogP contribution in [0.1, 0.15) is 32.8 Å². The SMILES string of the molecule is CN(CCC(O)C(C)(C)C)Cc1cccc(Cl)c1. The topological polar surface area (TPSA) is 23.5 Å². The van der Waals surface area contributed by atoms with Crippen LogP contribution in [0, 0.1) is 5.41 Å². The standard InChI is InChI=1S/C15H24ClNO/c1-15(2,3)14(18)8-9-17(4)11-12-6-5-7-13(16)10-12/h5-7,10,14,18H,8-9,11H2,1-4H3. The van der Waals surface area contributed by atoms with Gasteiger partial charge in [-0.2, -0.15) is 0 Å². The molecule has 1 aromatic rings. The van der Waals surface area contributed by atoms with Crippen LogP contribution >= 0.6 is 11.6 Å². The molecule has 1 unspecified atom stereocenters. The first-order chi connectivity index (χ1) is 8.29. The molecule has 0 saturated heterocycles. The molecule has 0 aliphatic rings. The van der Waals surface area contributed by atoms with E-state index in [1.54, 1.807) is 0 Å². The van der Waals surface area contributed by atoms with Crippen molar-refractivity contribution in [2.75, 3.05) is 13.6 Å². The van der Waals surface area contributed by atoms with Gasteiger partial charge < -0.3 is 10.0 Å². The lowest BCUT2D eigenvalue weighted by molar-refractivity contribution is 0.0473. The van der Waals surface area contributed by atoms with Crippen LogP contribution < -0.4 is 0 Å². The number of hydrogen-bond acceptors (Lipinski definition) is 2. The number of rotatable bonds is 5. The second-order valence-corrected chi connectivity index (χ2v) is 6.47. The zero-order valence-electron chi connectivity index (χ0n) is 11.8. The maximum atomic E-state index is 10.00. The second-order valence-electron chi connectivity index (χ2n) is 6.04. The molecule has 102 valence electrons. The number of benzene rings is 1. The van der Waals surface area contributed by atoms with E-state index in [9.17, 15) is 5.11 Å². The van der Waals surface area contributed by atoms with Gasteiger partial charge in [-0.15, -0.1) is 0 Å². The van der Waals surface area contributed by atoms with Crippen molar-refractivity contribution in [3.63, 3.8) is 0 Å². The molecule has 0 aliphatic carbocycles. The monoisotopic (exact) mass is 269 g/mol. The Hall–Kier alpha value is -0.570. The lowest BCUT2D eigenvalue weighted by atomic mass is 9.87. The molecule has 0 spiro atoms. The van der Waals surface area contributed by atoms with Crippen molar-refractivity contribution < 1.29 is 5.11 Å². The largest absolute Gasteiger partial charge is 0.393 e. The fourth-order valence-corrected chi connectivity index (χ4v) is 2.01. The van der Waals surface area contributed by atoms with E-state index in [1.807, 2.05) is 18.2 Å². The molecule has 0 amide bonds. The number of aliphatic hydroxyl groups excluding tert-OH is 1. The predicted molar refractivity (Wildman–Crippen MR) is 77.9 cm³/mol. The molecule has 0 aliphatic heterocycles. The summed E-state index contributed by atoms with van der Waals surface area (Å²) in [5.41, 5.74) is 1.16. The average Bonchev–Trinajstić information content (AvgIpc) is 2.24. The summed E-state index contributed by atoms with van der Waals surface area (Å²) >= 11 is 5.96. The highest BCUT2D eigenvalue weighted by Crippen LogP contribution is 2.21. The molecule has 0 aromatic heterocycles. The summed E-state index contributed by atoms with van der Waals surface area (Å²) in [6, 6.07) is 7.91. The van der Waals surface area contributed by atoms with E-state index in [0.29, 0.717) is 0 Å². The van der Waals surface area contributed by atoms with E-state index in [2.05, 4.69) is 38.8 Å². The van der Waals surface area contributed by atoms with Crippen LogP contribution in [-0.4, -0.2) is 29.7 Å². The first kappa shape index (κ1) is 15.5. The van der Waals surface area contributed by atoms with Crippen molar-refractivity contribution in [3.8, 4) is 0 Å². The van der Waals surface area contributed by atoms with E-state index in [1.165, 1.54) is 5.56 Å². The summed E-state index contributed by atoms with van der Waals surface area (Å²) in [6.07, 6.45) is 0.528. The fraction of sp³-hybridized carbons (Fsp3) is 0.600. The Labute approximate surface area is 116 Å². The Morgan fingerprint density at radius 3 is 2.56 bits per heavy atom. The molecule has 1 aromatic carbocycles. The van der Waals surface area contributed by atoms with Gasteiger partial charge >= 0.3 is 0 Å². The highest BCUT2D eigenvalue weighted by atomic mass is 35.5. The first-order valence-corrected chi connectivity index (χ1v) is 6.78. The quantitative estimate of drug-likeness (QED) is 0.883. The van der Waals surface area contributed by atoms with Crippen LogP contribution in [0.15, 0.2) is 24.3 Å². The lowest BCUT2D eigenvalue weighted by Gasteiger charge is -2.27. The van der Waals surface area contributed by atoms with E-state index in [0.717, 1.165) is 24.5 Å². The van der Waals surface area contributed by atoms with Gasteiger partial charge in [0.25, 0.3) is 0 Å². The van der Waals surface area contributed by atoms with E-state index >= 15 is 0 Å². The molecule has 1 N–H and O–H groups in total. The van der Waals surface area contributed by atoms with Crippen LogP contribution in [0.5, 0.6) is 0 Å². The summed E-state index contributed by atoms with van der Waals surface area (Å²) in [6.45, 7) is 7.93. The number of aliphatic hydroxyl groups is 1. The van der Waals surface area contributed by atoms with E-state index in [4.69, 9.17) is 11.6 Å². The highest BCUT2D eigenvalue weighted by Gasteiger charge is 2.21. The molecular weight excluding hydrogens is 246 g/mol. The molecule has 1 rings (SSSR count). The summed E-state index contributed by atoms with van der Waals surface area (Å²) < 4.78 is 0. The summed E-state index contributed by atoms with van der Waals surface area (Å²) in [4.78, 5) is 2.21. The molecule has 0 radical (unpaired) electrons. The molecule has 0 saturated carbocycles. The Morgan fingerprint density at radius 2 is 2.00 bits per heavy atom. The minimum absolute atomic E-state index is 0.0447. The zero-order valence-corrected chi connectivity index (χ0v) is 12.5. The maximum absolute atomic E-state index is 10.00. The fourth-order valence-electron chi connectivity index (χ4n) is 1.80. The number of nitrogens with zero attached hydrogens (tertiary/aromatic N) is 1. The maximum Gasteiger partial charge on any atom is 0.0600 e. The van der Waals surface area contributed by atoms with Gasteiger partial charge in [0.15, 0.2) is 0 Å². The van der Waals surface area contributed by atoms with E-state index in [-0.39, 0.29) is 11.5 Å². The molecule has 2 nitrogen and oxygen atoms in total. The lowest BCUT2D eigenvalue weighted by Crippen LogP contribution is -2.30. The molecule has 1 atom stereocenters. The zero-order chi connectivity index (χ0) is 13.8. The molecule has 0 bridgehead atoms. The average molecular weight is 270 g/mol. The molecular formula is C15H24ClNO. The third-order valence-electron chi connectivity index (χ3n) is 3.13. The van der Waals surface area contributed by atoms with Gasteiger partial charge in [0.1, 0.15) is 0 Å². The molecule has 0 fully saturated rings. The van der Waals surface area contributed by atoms with Crippen LogP contribution in [0.2, 0.25) is 5.02 Å². The van der Waals surface area contributed by atoms with Crippen molar-refractivity contribution in [2.24, 2.45) is 5.41 Å². The highest BCUT2D eigenvalue weighted by molar-refractivity contribution is 6.30.